The van der Waals surface area contributed by atoms with Crippen LogP contribution in [0.25, 0.3) is 0 Å². The van der Waals surface area contributed by atoms with Crippen molar-refractivity contribution in [1.29, 1.82) is 0 Å². The van der Waals surface area contributed by atoms with E-state index in [4.69, 9.17) is 9.05 Å². The molecule has 0 saturated heterocycles. The zero-order chi connectivity index (χ0) is 48.5. The monoisotopic (exact) mass is 957 g/mol. The van der Waals surface area contributed by atoms with E-state index in [0.717, 1.165) is 38.5 Å². The number of unbranched alkanes of at least 4 members (excludes halogenated alkanes) is 42. The summed E-state index contributed by atoms with van der Waals surface area (Å²) in [5, 5.41) is 13.9. The Morgan fingerprint density at radius 3 is 1.03 bits per heavy atom. The summed E-state index contributed by atoms with van der Waals surface area (Å²) in [7, 11) is 1.32. The van der Waals surface area contributed by atoms with Crippen LogP contribution in [0.2, 0.25) is 0 Å². The molecule has 66 heavy (non-hydrogen) atoms. The van der Waals surface area contributed by atoms with Gasteiger partial charge in [0.15, 0.2) is 0 Å². The zero-order valence-electron chi connectivity index (χ0n) is 45.2. The number of hydrogen-bond donors (Lipinski definition) is 2. The lowest BCUT2D eigenvalue weighted by atomic mass is 10.0. The van der Waals surface area contributed by atoms with Crippen molar-refractivity contribution in [3.8, 4) is 0 Å². The van der Waals surface area contributed by atoms with Crippen LogP contribution in [0.3, 0.4) is 0 Å². The van der Waals surface area contributed by atoms with Crippen LogP contribution in [0.1, 0.15) is 309 Å². The van der Waals surface area contributed by atoms with E-state index in [9.17, 15) is 19.4 Å². The first kappa shape index (κ1) is 65.5. The number of amides is 1. The van der Waals surface area contributed by atoms with Crippen molar-refractivity contribution in [1.82, 2.24) is 5.32 Å². The highest BCUT2D eigenvalue weighted by Crippen LogP contribution is 2.38. The van der Waals surface area contributed by atoms with Crippen molar-refractivity contribution >= 4 is 13.7 Å². The maximum atomic E-state index is 12.9. The second-order valence-corrected chi connectivity index (χ2v) is 23.1. The third kappa shape index (κ3) is 51.4. The Bertz CT molecular complexity index is 1040. The standard InChI is InChI=1S/C57H117N2O6P/c1-6-8-10-12-14-16-17-18-19-20-21-22-23-24-25-26-27-28-29-30-31-32-33-34-35-36-37-38-39-40-41-43-45-47-49-51-57(61)58-55(54-65-66(62,63)64-53-52-59(3,4)5)56(60)50-48-46-44-42-15-13-11-9-7-2/h55-56,60H,6-54H2,1-5H3,(H-,58,61,62,63)/t55-,56+/m0/s1. The van der Waals surface area contributed by atoms with Crippen LogP contribution in [0.4, 0.5) is 0 Å². The molecule has 2 N–H and O–H groups in total. The topological polar surface area (TPSA) is 108 Å². The molecule has 9 heteroatoms. The number of rotatable bonds is 55. The SMILES string of the molecule is CCCCCCCCCCCCCCCCCCCCCCCCCCCCCCCCCCCCCC(=O)N[C@@H](COP(=O)([O-])OCC[N+](C)(C)C)[C@H](O)CCCCCCCCCCC. The summed E-state index contributed by atoms with van der Waals surface area (Å²) in [6.45, 7) is 4.73. The van der Waals surface area contributed by atoms with Gasteiger partial charge in [-0.15, -0.1) is 0 Å². The maximum Gasteiger partial charge on any atom is 0.268 e. The zero-order valence-corrected chi connectivity index (χ0v) is 46.1. The molecule has 0 aromatic heterocycles. The van der Waals surface area contributed by atoms with E-state index in [1.807, 2.05) is 21.1 Å². The van der Waals surface area contributed by atoms with Crippen LogP contribution in [-0.2, 0) is 18.4 Å². The summed E-state index contributed by atoms with van der Waals surface area (Å²) >= 11 is 0. The Labute approximate surface area is 412 Å². The van der Waals surface area contributed by atoms with Gasteiger partial charge in [-0.05, 0) is 12.8 Å². The number of nitrogens with zero attached hydrogens (tertiary/aromatic N) is 1. The number of phosphoric ester groups is 1. The number of phosphoric acid groups is 1. The van der Waals surface area contributed by atoms with Crippen LogP contribution in [0, 0.1) is 0 Å². The summed E-state index contributed by atoms with van der Waals surface area (Å²) in [5.74, 6) is -0.160. The number of carbonyl (C=O) groups excluding carboxylic acids is 1. The Morgan fingerprint density at radius 1 is 0.470 bits per heavy atom. The predicted molar refractivity (Wildman–Crippen MR) is 284 cm³/mol. The maximum absolute atomic E-state index is 12.9. The molecule has 0 aromatic carbocycles. The molecular weight excluding hydrogens is 840 g/mol. The fourth-order valence-corrected chi connectivity index (χ4v) is 9.94. The molecule has 0 aliphatic carbocycles. The van der Waals surface area contributed by atoms with Crippen molar-refractivity contribution in [3.63, 3.8) is 0 Å². The molecule has 0 fully saturated rings. The lowest BCUT2D eigenvalue weighted by Gasteiger charge is -2.30. The fourth-order valence-electron chi connectivity index (χ4n) is 9.22. The highest BCUT2D eigenvalue weighted by molar-refractivity contribution is 7.45. The van der Waals surface area contributed by atoms with Crippen molar-refractivity contribution in [2.24, 2.45) is 0 Å². The number of carbonyl (C=O) groups is 1. The highest BCUT2D eigenvalue weighted by atomic mass is 31.2. The molecule has 0 bridgehead atoms. The lowest BCUT2D eigenvalue weighted by Crippen LogP contribution is -2.46. The Kier molecular flexibility index (Phi) is 49.1. The van der Waals surface area contributed by atoms with Crippen molar-refractivity contribution in [2.45, 2.75) is 321 Å². The van der Waals surface area contributed by atoms with Crippen LogP contribution >= 0.6 is 7.82 Å². The van der Waals surface area contributed by atoms with Gasteiger partial charge in [0, 0.05) is 6.42 Å². The van der Waals surface area contributed by atoms with E-state index >= 15 is 0 Å². The summed E-state index contributed by atoms with van der Waals surface area (Å²) in [5.41, 5.74) is 0. The Morgan fingerprint density at radius 2 is 0.742 bits per heavy atom. The van der Waals surface area contributed by atoms with Gasteiger partial charge in [0.05, 0.1) is 39.9 Å². The van der Waals surface area contributed by atoms with Gasteiger partial charge in [0.1, 0.15) is 13.2 Å². The number of aliphatic hydroxyl groups is 1. The average Bonchev–Trinajstić information content (AvgIpc) is 3.28. The summed E-state index contributed by atoms with van der Waals surface area (Å²) < 4.78 is 23.3. The minimum absolute atomic E-state index is 0.0159. The fraction of sp³-hybridized carbons (Fsp3) is 0.982. The van der Waals surface area contributed by atoms with Gasteiger partial charge in [-0.25, -0.2) is 0 Å². The minimum atomic E-state index is -4.56. The molecule has 0 aliphatic rings. The number of aliphatic hydroxyl groups excluding tert-OH is 1. The number of quaternary nitrogens is 1. The first-order valence-corrected chi connectivity index (χ1v) is 30.8. The van der Waals surface area contributed by atoms with E-state index in [1.165, 1.54) is 244 Å². The molecule has 0 aliphatic heterocycles. The van der Waals surface area contributed by atoms with Crippen LogP contribution in [0.5, 0.6) is 0 Å². The van der Waals surface area contributed by atoms with Crippen molar-refractivity contribution < 1.29 is 32.9 Å². The quantitative estimate of drug-likeness (QED) is 0.0357. The minimum Gasteiger partial charge on any atom is -0.756 e. The molecule has 0 spiro atoms. The summed E-state index contributed by atoms with van der Waals surface area (Å²) in [4.78, 5) is 25.4. The van der Waals surface area contributed by atoms with E-state index < -0.39 is 20.0 Å². The number of likely N-dealkylation sites (N-methyl/N-ethyl adjacent to an activating group) is 1. The summed E-state index contributed by atoms with van der Waals surface area (Å²) in [6.07, 6.45) is 59.0. The molecule has 8 nitrogen and oxygen atoms in total. The molecule has 0 rings (SSSR count). The molecule has 3 atom stereocenters. The smallest absolute Gasteiger partial charge is 0.268 e. The van der Waals surface area contributed by atoms with Gasteiger partial charge in [-0.1, -0.05) is 290 Å². The average molecular weight is 958 g/mol. The van der Waals surface area contributed by atoms with Crippen molar-refractivity contribution in [2.75, 3.05) is 40.9 Å². The lowest BCUT2D eigenvalue weighted by molar-refractivity contribution is -0.870. The molecular formula is C57H117N2O6P. The molecule has 0 aromatic rings. The van der Waals surface area contributed by atoms with Crippen LogP contribution < -0.4 is 10.2 Å². The molecule has 1 unspecified atom stereocenters. The van der Waals surface area contributed by atoms with E-state index in [2.05, 4.69) is 19.2 Å². The second kappa shape index (κ2) is 49.5. The third-order valence-corrected chi connectivity index (χ3v) is 14.8. The first-order valence-electron chi connectivity index (χ1n) is 29.4. The first-order chi connectivity index (χ1) is 32.0. The molecule has 0 saturated carbocycles. The van der Waals surface area contributed by atoms with Crippen LogP contribution in [-0.4, -0.2) is 68.5 Å². The van der Waals surface area contributed by atoms with Gasteiger partial charge in [-0.3, -0.25) is 9.36 Å². The second-order valence-electron chi connectivity index (χ2n) is 21.7. The van der Waals surface area contributed by atoms with Crippen LogP contribution in [0.15, 0.2) is 0 Å². The highest BCUT2D eigenvalue weighted by Gasteiger charge is 2.24. The molecule has 0 heterocycles. The molecule has 396 valence electrons. The number of nitrogens with one attached hydrogen (secondary N) is 1. The van der Waals surface area contributed by atoms with Gasteiger partial charge in [0.25, 0.3) is 7.82 Å². The van der Waals surface area contributed by atoms with Gasteiger partial charge in [0.2, 0.25) is 5.91 Å². The van der Waals surface area contributed by atoms with Crippen molar-refractivity contribution in [3.05, 3.63) is 0 Å². The van der Waals surface area contributed by atoms with E-state index in [0.29, 0.717) is 23.9 Å². The van der Waals surface area contributed by atoms with E-state index in [-0.39, 0.29) is 19.1 Å². The Balaban J connectivity index is 3.79. The van der Waals surface area contributed by atoms with Gasteiger partial charge >= 0.3 is 0 Å². The van der Waals surface area contributed by atoms with Gasteiger partial charge in [-0.2, -0.15) is 0 Å². The summed E-state index contributed by atoms with van der Waals surface area (Å²) in [6, 6.07) is -0.793. The predicted octanol–water partition coefficient (Wildman–Crippen LogP) is 17.0. The normalized spacial score (nSPS) is 13.9. The molecule has 1 amide bonds. The third-order valence-electron chi connectivity index (χ3n) is 13.8. The van der Waals surface area contributed by atoms with Gasteiger partial charge < -0.3 is 28.8 Å². The molecule has 0 radical (unpaired) electrons. The number of hydrogen-bond acceptors (Lipinski definition) is 6. The van der Waals surface area contributed by atoms with E-state index in [1.54, 1.807) is 0 Å². The largest absolute Gasteiger partial charge is 0.756 e. The Hall–Kier alpha value is -0.500.